The summed E-state index contributed by atoms with van der Waals surface area (Å²) < 4.78 is 26.8. The van der Waals surface area contributed by atoms with E-state index in [1.807, 2.05) is 0 Å². The van der Waals surface area contributed by atoms with Crippen molar-refractivity contribution in [3.05, 3.63) is 0 Å². The highest BCUT2D eigenvalue weighted by Gasteiger charge is 2.39. The molecule has 7 nitrogen and oxygen atoms in total. The van der Waals surface area contributed by atoms with E-state index in [9.17, 15) is 23.1 Å². The highest BCUT2D eigenvalue weighted by atomic mass is 32.2. The molecule has 138 valence electrons. The van der Waals surface area contributed by atoms with E-state index in [1.165, 1.54) is 11.2 Å². The Morgan fingerprint density at radius 2 is 1.83 bits per heavy atom. The van der Waals surface area contributed by atoms with Gasteiger partial charge in [0.25, 0.3) is 0 Å². The Hall–Kier alpha value is -1.15. The first kappa shape index (κ1) is 19.2. The third kappa shape index (κ3) is 4.27. The summed E-state index contributed by atoms with van der Waals surface area (Å²) in [4.78, 5) is 24.8. The molecule has 0 aliphatic carbocycles. The Bertz CT molecular complexity index is 577. The molecule has 0 bridgehead atoms. The van der Waals surface area contributed by atoms with E-state index in [4.69, 9.17) is 0 Å². The minimum atomic E-state index is -3.52. The molecule has 2 saturated heterocycles. The maximum absolute atomic E-state index is 12.7. The fourth-order valence-electron chi connectivity index (χ4n) is 3.95. The molecular formula is C16H28N2O5S. The first-order valence-electron chi connectivity index (χ1n) is 8.73. The van der Waals surface area contributed by atoms with Gasteiger partial charge in [-0.05, 0) is 45.4 Å². The summed E-state index contributed by atoms with van der Waals surface area (Å²) in [5.74, 6) is -1.61. The van der Waals surface area contributed by atoms with Gasteiger partial charge in [-0.3, -0.25) is 9.59 Å². The van der Waals surface area contributed by atoms with Crippen LogP contribution in [-0.4, -0.2) is 65.5 Å². The minimum Gasteiger partial charge on any atom is -0.481 e. The Morgan fingerprint density at radius 3 is 2.46 bits per heavy atom. The van der Waals surface area contributed by atoms with Crippen molar-refractivity contribution in [3.63, 3.8) is 0 Å². The number of rotatable bonds is 5. The highest BCUT2D eigenvalue weighted by molar-refractivity contribution is 7.89. The number of carbonyl (C=O) groups is 2. The second kappa shape index (κ2) is 7.82. The fraction of sp³-hybridized carbons (Fsp3) is 0.875. The van der Waals surface area contributed by atoms with Crippen LogP contribution in [0.1, 0.15) is 52.4 Å². The largest absolute Gasteiger partial charge is 0.481 e. The molecule has 2 fully saturated rings. The summed E-state index contributed by atoms with van der Waals surface area (Å²) in [6.07, 6.45) is 4.32. The standard InChI is InChI=1S/C16H28N2O5S/c1-12-15(16(20)21)7-5-10-18(12)24(22,23)11-8-14-6-3-4-9-17(14)13(2)19/h12,14-15H,3-11H2,1-2H3,(H,20,21)/t12-,14?,15-/m1/s1. The zero-order valence-corrected chi connectivity index (χ0v) is 15.3. The second-order valence-corrected chi connectivity index (χ2v) is 8.95. The number of likely N-dealkylation sites (tertiary alicyclic amines) is 1. The van der Waals surface area contributed by atoms with Crippen molar-refractivity contribution in [3.8, 4) is 0 Å². The number of carboxylic acid groups (broad SMARTS) is 1. The monoisotopic (exact) mass is 360 g/mol. The smallest absolute Gasteiger partial charge is 0.308 e. The van der Waals surface area contributed by atoms with E-state index in [0.717, 1.165) is 19.3 Å². The van der Waals surface area contributed by atoms with E-state index < -0.39 is 28.0 Å². The summed E-state index contributed by atoms with van der Waals surface area (Å²) in [6, 6.07) is -0.544. The molecule has 2 heterocycles. The summed E-state index contributed by atoms with van der Waals surface area (Å²) in [6.45, 7) is 4.28. The normalized spacial score (nSPS) is 29.4. The van der Waals surface area contributed by atoms with Crippen LogP contribution < -0.4 is 0 Å². The third-order valence-electron chi connectivity index (χ3n) is 5.35. The van der Waals surface area contributed by atoms with Gasteiger partial charge in [0, 0.05) is 32.1 Å². The molecule has 0 aromatic heterocycles. The zero-order chi connectivity index (χ0) is 17.9. The van der Waals surface area contributed by atoms with Gasteiger partial charge in [0.1, 0.15) is 0 Å². The number of piperidine rings is 2. The zero-order valence-electron chi connectivity index (χ0n) is 14.5. The number of amides is 1. The van der Waals surface area contributed by atoms with Crippen molar-refractivity contribution in [1.82, 2.24) is 9.21 Å². The van der Waals surface area contributed by atoms with Crippen molar-refractivity contribution in [2.24, 2.45) is 5.92 Å². The molecule has 2 aliphatic heterocycles. The summed E-state index contributed by atoms with van der Waals surface area (Å²) >= 11 is 0. The van der Waals surface area contributed by atoms with Crippen LogP contribution in [0.15, 0.2) is 0 Å². The van der Waals surface area contributed by atoms with Crippen LogP contribution in [0.3, 0.4) is 0 Å². The van der Waals surface area contributed by atoms with Gasteiger partial charge >= 0.3 is 5.97 Å². The fourth-order valence-corrected chi connectivity index (χ4v) is 5.82. The number of nitrogens with zero attached hydrogens (tertiary/aromatic N) is 2. The first-order chi connectivity index (χ1) is 11.2. The van der Waals surface area contributed by atoms with Crippen LogP contribution in [0.2, 0.25) is 0 Å². The van der Waals surface area contributed by atoms with E-state index in [2.05, 4.69) is 0 Å². The van der Waals surface area contributed by atoms with E-state index in [1.54, 1.807) is 11.8 Å². The van der Waals surface area contributed by atoms with Crippen LogP contribution in [0.4, 0.5) is 0 Å². The molecule has 0 radical (unpaired) electrons. The number of sulfonamides is 1. The van der Waals surface area contributed by atoms with Gasteiger partial charge in [0.05, 0.1) is 11.7 Å². The topological polar surface area (TPSA) is 95.0 Å². The molecule has 1 unspecified atom stereocenters. The Labute approximate surface area is 144 Å². The maximum atomic E-state index is 12.7. The van der Waals surface area contributed by atoms with Gasteiger partial charge in [0.2, 0.25) is 15.9 Å². The predicted molar refractivity (Wildman–Crippen MR) is 90.0 cm³/mol. The van der Waals surface area contributed by atoms with Crippen molar-refractivity contribution < 1.29 is 23.1 Å². The van der Waals surface area contributed by atoms with Crippen LogP contribution in [0, 0.1) is 5.92 Å². The average molecular weight is 360 g/mol. The van der Waals surface area contributed by atoms with Crippen LogP contribution in [0.25, 0.3) is 0 Å². The van der Waals surface area contributed by atoms with Gasteiger partial charge < -0.3 is 10.0 Å². The van der Waals surface area contributed by atoms with Gasteiger partial charge in [-0.2, -0.15) is 4.31 Å². The Balaban J connectivity index is 2.02. The van der Waals surface area contributed by atoms with Gasteiger partial charge in [-0.15, -0.1) is 0 Å². The molecule has 0 aromatic carbocycles. The average Bonchev–Trinajstić information content (AvgIpc) is 2.53. The number of aliphatic carboxylic acids is 1. The van der Waals surface area contributed by atoms with Crippen LogP contribution in [0.5, 0.6) is 0 Å². The molecule has 1 amide bonds. The Morgan fingerprint density at radius 1 is 1.12 bits per heavy atom. The number of hydrogen-bond acceptors (Lipinski definition) is 4. The second-order valence-electron chi connectivity index (χ2n) is 6.90. The minimum absolute atomic E-state index is 0.00520. The van der Waals surface area contributed by atoms with Crippen molar-refractivity contribution in [2.75, 3.05) is 18.8 Å². The molecule has 0 aromatic rings. The van der Waals surface area contributed by atoms with Gasteiger partial charge in [-0.1, -0.05) is 0 Å². The number of carboxylic acids is 1. The Kier molecular flexibility index (Phi) is 6.25. The summed E-state index contributed by atoms with van der Waals surface area (Å²) in [5.41, 5.74) is 0. The lowest BCUT2D eigenvalue weighted by Crippen LogP contribution is -2.50. The number of carbonyl (C=O) groups excluding carboxylic acids is 1. The molecule has 0 saturated carbocycles. The van der Waals surface area contributed by atoms with E-state index in [-0.39, 0.29) is 17.7 Å². The van der Waals surface area contributed by atoms with E-state index in [0.29, 0.717) is 32.4 Å². The van der Waals surface area contributed by atoms with Crippen LogP contribution >= 0.6 is 0 Å². The quantitative estimate of drug-likeness (QED) is 0.797. The summed E-state index contributed by atoms with van der Waals surface area (Å²) in [7, 11) is -3.52. The molecule has 2 aliphatic rings. The molecule has 3 atom stereocenters. The van der Waals surface area contributed by atoms with Crippen molar-refractivity contribution in [1.29, 1.82) is 0 Å². The van der Waals surface area contributed by atoms with Crippen LogP contribution in [-0.2, 0) is 19.6 Å². The van der Waals surface area contributed by atoms with Crippen molar-refractivity contribution in [2.45, 2.75) is 64.5 Å². The molecule has 24 heavy (non-hydrogen) atoms. The lowest BCUT2D eigenvalue weighted by atomic mass is 9.92. The molecule has 0 spiro atoms. The highest BCUT2D eigenvalue weighted by Crippen LogP contribution is 2.28. The molecule has 8 heteroatoms. The summed E-state index contributed by atoms with van der Waals surface area (Å²) in [5, 5.41) is 9.26. The third-order valence-corrected chi connectivity index (χ3v) is 7.33. The predicted octanol–water partition coefficient (Wildman–Crippen LogP) is 1.29. The van der Waals surface area contributed by atoms with Gasteiger partial charge in [0.15, 0.2) is 0 Å². The lowest BCUT2D eigenvalue weighted by Gasteiger charge is -2.38. The maximum Gasteiger partial charge on any atom is 0.308 e. The van der Waals surface area contributed by atoms with Crippen molar-refractivity contribution >= 4 is 21.9 Å². The van der Waals surface area contributed by atoms with Gasteiger partial charge in [-0.25, -0.2) is 8.42 Å². The lowest BCUT2D eigenvalue weighted by molar-refractivity contribution is -0.144. The molecule has 2 rings (SSSR count). The SMILES string of the molecule is CC(=O)N1CCCCC1CCS(=O)(=O)N1CCC[C@@H](C(=O)O)[C@H]1C. The molecule has 1 N–H and O–H groups in total. The molecular weight excluding hydrogens is 332 g/mol. The number of hydrogen-bond donors (Lipinski definition) is 1. The first-order valence-corrected chi connectivity index (χ1v) is 10.3. The van der Waals surface area contributed by atoms with E-state index >= 15 is 0 Å².